The molecule has 1 aromatic rings. The first-order chi connectivity index (χ1) is 8.81. The van der Waals surface area contributed by atoms with Gasteiger partial charge in [-0.15, -0.1) is 0 Å². The Morgan fingerprint density at radius 3 is 2.39 bits per heavy atom. The molecule has 3 heteroatoms. The number of methoxy groups -OCH3 is 1. The van der Waals surface area contributed by atoms with E-state index in [1.54, 1.807) is 7.11 Å². The Kier molecular flexibility index (Phi) is 5.39. The highest BCUT2D eigenvalue weighted by atomic mass is 32.2. The Morgan fingerprint density at radius 2 is 1.83 bits per heavy atom. The summed E-state index contributed by atoms with van der Waals surface area (Å²) in [4.78, 5) is 0. The molecule has 18 heavy (non-hydrogen) atoms. The molecule has 0 spiro atoms. The minimum atomic E-state index is 0.704. The average Bonchev–Trinajstić information content (AvgIpc) is 2.46. The summed E-state index contributed by atoms with van der Waals surface area (Å²) in [6, 6.07) is 9.04. The highest BCUT2D eigenvalue weighted by Gasteiger charge is 2.19. The van der Waals surface area contributed by atoms with Crippen LogP contribution in [0.2, 0.25) is 0 Å². The molecule has 0 radical (unpaired) electrons. The van der Waals surface area contributed by atoms with Crippen LogP contribution in [0.5, 0.6) is 5.75 Å². The van der Waals surface area contributed by atoms with Crippen LogP contribution in [0.25, 0.3) is 0 Å². The van der Waals surface area contributed by atoms with Gasteiger partial charge in [0.05, 0.1) is 7.11 Å². The van der Waals surface area contributed by atoms with Crippen molar-refractivity contribution in [1.29, 1.82) is 0 Å². The maximum Gasteiger partial charge on any atom is 0.118 e. The minimum Gasteiger partial charge on any atom is -0.497 e. The fourth-order valence-corrected chi connectivity index (χ4v) is 3.25. The van der Waals surface area contributed by atoms with Crippen LogP contribution in [0.4, 0.5) is 0 Å². The number of hydrogen-bond acceptors (Lipinski definition) is 3. The highest BCUT2D eigenvalue weighted by Crippen LogP contribution is 2.27. The zero-order valence-electron chi connectivity index (χ0n) is 11.3. The van der Waals surface area contributed by atoms with E-state index in [0.717, 1.165) is 17.5 Å². The van der Waals surface area contributed by atoms with Crippen molar-refractivity contribution < 1.29 is 4.74 Å². The van der Waals surface area contributed by atoms with Gasteiger partial charge in [0.15, 0.2) is 0 Å². The van der Waals surface area contributed by atoms with Gasteiger partial charge < -0.3 is 10.1 Å². The molecule has 1 fully saturated rings. The van der Waals surface area contributed by atoms with Crippen molar-refractivity contribution in [3.8, 4) is 5.75 Å². The van der Waals surface area contributed by atoms with E-state index in [9.17, 15) is 0 Å². The molecule has 1 aliphatic carbocycles. The minimum absolute atomic E-state index is 0.704. The first-order valence-corrected chi connectivity index (χ1v) is 7.99. The third-order valence-electron chi connectivity index (χ3n) is 3.76. The lowest BCUT2D eigenvalue weighted by molar-refractivity contribution is 0.378. The second-order valence-corrected chi connectivity index (χ2v) is 6.08. The van der Waals surface area contributed by atoms with Crippen molar-refractivity contribution in [2.24, 2.45) is 0 Å². The molecular weight excluding hydrogens is 242 g/mol. The van der Waals surface area contributed by atoms with Crippen LogP contribution in [0.1, 0.15) is 31.2 Å². The van der Waals surface area contributed by atoms with Crippen molar-refractivity contribution in [1.82, 2.24) is 5.32 Å². The maximum absolute atomic E-state index is 5.17. The molecule has 0 aliphatic heterocycles. The predicted molar refractivity (Wildman–Crippen MR) is 79.4 cm³/mol. The smallest absolute Gasteiger partial charge is 0.118 e. The van der Waals surface area contributed by atoms with Gasteiger partial charge in [0.25, 0.3) is 0 Å². The number of hydrogen-bond donors (Lipinski definition) is 1. The summed E-state index contributed by atoms with van der Waals surface area (Å²) in [6.07, 6.45) is 7.60. The van der Waals surface area contributed by atoms with Crippen molar-refractivity contribution >= 4 is 11.8 Å². The van der Waals surface area contributed by atoms with E-state index in [0.29, 0.717) is 6.04 Å². The normalized spacial score (nSPS) is 23.9. The summed E-state index contributed by atoms with van der Waals surface area (Å²) in [5, 5.41) is 4.56. The van der Waals surface area contributed by atoms with E-state index in [2.05, 4.69) is 23.7 Å². The highest BCUT2D eigenvalue weighted by molar-refractivity contribution is 7.99. The number of thioether (sulfide) groups is 1. The zero-order valence-corrected chi connectivity index (χ0v) is 12.1. The molecule has 0 atom stereocenters. The summed E-state index contributed by atoms with van der Waals surface area (Å²) >= 11 is 2.02. The Balaban J connectivity index is 1.74. The third kappa shape index (κ3) is 3.92. The van der Waals surface area contributed by atoms with Gasteiger partial charge in [0.2, 0.25) is 0 Å². The van der Waals surface area contributed by atoms with Gasteiger partial charge in [0.1, 0.15) is 5.75 Å². The number of ether oxygens (including phenoxy) is 1. The number of rotatable bonds is 5. The van der Waals surface area contributed by atoms with Gasteiger partial charge in [-0.2, -0.15) is 11.8 Å². The van der Waals surface area contributed by atoms with Crippen molar-refractivity contribution in [2.75, 3.05) is 13.4 Å². The summed E-state index contributed by atoms with van der Waals surface area (Å²) in [5.41, 5.74) is 1.34. The van der Waals surface area contributed by atoms with Crippen LogP contribution < -0.4 is 10.1 Å². The van der Waals surface area contributed by atoms with Gasteiger partial charge in [-0.05, 0) is 49.6 Å². The van der Waals surface area contributed by atoms with Gasteiger partial charge >= 0.3 is 0 Å². The second kappa shape index (κ2) is 7.05. The van der Waals surface area contributed by atoms with Crippen LogP contribution in [-0.4, -0.2) is 24.7 Å². The molecule has 0 unspecified atom stereocenters. The Bertz CT molecular complexity index is 344. The second-order valence-electron chi connectivity index (χ2n) is 4.94. The first kappa shape index (κ1) is 13.8. The molecule has 1 aliphatic rings. The molecule has 2 rings (SSSR count). The summed E-state index contributed by atoms with van der Waals surface area (Å²) in [6.45, 7) is 0.971. The fraction of sp³-hybridized carbons (Fsp3) is 0.600. The Morgan fingerprint density at radius 1 is 1.17 bits per heavy atom. The SMILES string of the molecule is COc1ccc(CNC2CCC(SC)CC2)cc1. The lowest BCUT2D eigenvalue weighted by atomic mass is 9.95. The Labute approximate surface area is 114 Å². The average molecular weight is 265 g/mol. The van der Waals surface area contributed by atoms with Crippen LogP contribution in [0.15, 0.2) is 24.3 Å². The molecule has 1 N–H and O–H groups in total. The summed E-state index contributed by atoms with van der Waals surface area (Å²) < 4.78 is 5.17. The molecule has 0 bridgehead atoms. The molecule has 100 valence electrons. The van der Waals surface area contributed by atoms with E-state index in [1.165, 1.54) is 31.2 Å². The van der Waals surface area contributed by atoms with Gasteiger partial charge in [-0.25, -0.2) is 0 Å². The van der Waals surface area contributed by atoms with Gasteiger partial charge in [-0.1, -0.05) is 12.1 Å². The topological polar surface area (TPSA) is 21.3 Å². The summed E-state index contributed by atoms with van der Waals surface area (Å²) in [5.74, 6) is 0.930. The zero-order chi connectivity index (χ0) is 12.8. The van der Waals surface area contributed by atoms with E-state index < -0.39 is 0 Å². The lowest BCUT2D eigenvalue weighted by Crippen LogP contribution is -2.33. The third-order valence-corrected chi connectivity index (χ3v) is 4.90. The molecular formula is C15H23NOS. The van der Waals surface area contributed by atoms with E-state index >= 15 is 0 Å². The molecule has 0 aromatic heterocycles. The quantitative estimate of drug-likeness (QED) is 0.881. The first-order valence-electron chi connectivity index (χ1n) is 6.71. The Hall–Kier alpha value is -0.670. The monoisotopic (exact) mass is 265 g/mol. The van der Waals surface area contributed by atoms with Crippen LogP contribution in [0, 0.1) is 0 Å². The van der Waals surface area contributed by atoms with Crippen molar-refractivity contribution in [3.05, 3.63) is 29.8 Å². The molecule has 2 nitrogen and oxygen atoms in total. The van der Waals surface area contributed by atoms with Gasteiger partial charge in [-0.3, -0.25) is 0 Å². The lowest BCUT2D eigenvalue weighted by Gasteiger charge is -2.28. The van der Waals surface area contributed by atoms with Crippen molar-refractivity contribution in [2.45, 2.75) is 43.5 Å². The van der Waals surface area contributed by atoms with Gasteiger partial charge in [0, 0.05) is 17.8 Å². The predicted octanol–water partition coefficient (Wildman–Crippen LogP) is 3.46. The molecule has 0 heterocycles. The number of nitrogens with one attached hydrogen (secondary N) is 1. The standard InChI is InChI=1S/C15H23NOS/c1-17-14-7-3-12(4-8-14)11-16-13-5-9-15(18-2)10-6-13/h3-4,7-8,13,15-16H,5-6,9-11H2,1-2H3. The number of benzene rings is 1. The van der Waals surface area contributed by atoms with Crippen LogP contribution in [0.3, 0.4) is 0 Å². The van der Waals surface area contributed by atoms with E-state index in [-0.39, 0.29) is 0 Å². The molecule has 0 saturated heterocycles. The van der Waals surface area contributed by atoms with E-state index in [4.69, 9.17) is 4.74 Å². The fourth-order valence-electron chi connectivity index (χ4n) is 2.51. The molecule has 1 aromatic carbocycles. The largest absolute Gasteiger partial charge is 0.497 e. The van der Waals surface area contributed by atoms with Crippen molar-refractivity contribution in [3.63, 3.8) is 0 Å². The molecule has 0 amide bonds. The van der Waals surface area contributed by atoms with Crippen LogP contribution >= 0.6 is 11.8 Å². The van der Waals surface area contributed by atoms with E-state index in [1.807, 2.05) is 23.9 Å². The maximum atomic E-state index is 5.17. The molecule has 1 saturated carbocycles. The van der Waals surface area contributed by atoms with Crippen LogP contribution in [-0.2, 0) is 6.54 Å². The summed E-state index contributed by atoms with van der Waals surface area (Å²) in [7, 11) is 1.71.